The maximum absolute atomic E-state index is 12.1. The molecule has 2 atom stereocenters. The van der Waals surface area contributed by atoms with Gasteiger partial charge in [-0.1, -0.05) is 0 Å². The van der Waals surface area contributed by atoms with Crippen molar-refractivity contribution in [2.24, 2.45) is 0 Å². The van der Waals surface area contributed by atoms with Crippen LogP contribution in [0.5, 0.6) is 0 Å². The number of carbonyl (C=O) groups excluding carboxylic acids is 1. The Kier molecular flexibility index (Phi) is 4.15. The lowest BCUT2D eigenvalue weighted by molar-refractivity contribution is 0.176. The summed E-state index contributed by atoms with van der Waals surface area (Å²) in [5, 5.41) is 2.98. The highest BCUT2D eigenvalue weighted by Crippen LogP contribution is 2.17. The summed E-state index contributed by atoms with van der Waals surface area (Å²) in [4.78, 5) is 17.7. The first-order valence-corrected chi connectivity index (χ1v) is 6.19. The standard InChI is InChI=1S/C13H19N3O2/c1-10(11-3-6-14-7-4-11)16(2)13(17)15-12-5-8-18-9-12/h3-4,6-7,10,12H,5,8-9H2,1-2H3,(H,15,17)/t10-,12?/m0/s1. The number of hydrogen-bond donors (Lipinski definition) is 1. The Morgan fingerprint density at radius 3 is 2.89 bits per heavy atom. The van der Waals surface area contributed by atoms with E-state index in [4.69, 9.17) is 4.74 Å². The quantitative estimate of drug-likeness (QED) is 0.884. The van der Waals surface area contributed by atoms with Crippen LogP contribution in [0.2, 0.25) is 0 Å². The summed E-state index contributed by atoms with van der Waals surface area (Å²) in [5.74, 6) is 0. The zero-order valence-corrected chi connectivity index (χ0v) is 10.8. The average Bonchev–Trinajstić information content (AvgIpc) is 2.91. The van der Waals surface area contributed by atoms with Gasteiger partial charge in [0.15, 0.2) is 0 Å². The molecule has 98 valence electrons. The average molecular weight is 249 g/mol. The zero-order valence-electron chi connectivity index (χ0n) is 10.8. The van der Waals surface area contributed by atoms with Crippen molar-refractivity contribution in [1.29, 1.82) is 0 Å². The monoisotopic (exact) mass is 249 g/mol. The van der Waals surface area contributed by atoms with Crippen LogP contribution in [0.3, 0.4) is 0 Å². The van der Waals surface area contributed by atoms with E-state index >= 15 is 0 Å². The van der Waals surface area contributed by atoms with E-state index in [1.54, 1.807) is 24.3 Å². The van der Waals surface area contributed by atoms with Gasteiger partial charge in [-0.2, -0.15) is 0 Å². The summed E-state index contributed by atoms with van der Waals surface area (Å²) < 4.78 is 5.24. The fraction of sp³-hybridized carbons (Fsp3) is 0.538. The van der Waals surface area contributed by atoms with Gasteiger partial charge in [0.2, 0.25) is 0 Å². The van der Waals surface area contributed by atoms with Gasteiger partial charge in [0.25, 0.3) is 0 Å². The van der Waals surface area contributed by atoms with Crippen molar-refractivity contribution in [2.75, 3.05) is 20.3 Å². The number of amides is 2. The van der Waals surface area contributed by atoms with Gasteiger partial charge in [-0.05, 0) is 31.0 Å². The van der Waals surface area contributed by atoms with Crippen LogP contribution in [0.1, 0.15) is 24.9 Å². The van der Waals surface area contributed by atoms with Gasteiger partial charge in [0.05, 0.1) is 18.7 Å². The molecule has 2 amide bonds. The van der Waals surface area contributed by atoms with Crippen LogP contribution in [0.25, 0.3) is 0 Å². The summed E-state index contributed by atoms with van der Waals surface area (Å²) in [7, 11) is 1.80. The van der Waals surface area contributed by atoms with E-state index in [2.05, 4.69) is 10.3 Å². The molecule has 1 aliphatic rings. The van der Waals surface area contributed by atoms with E-state index in [0.717, 1.165) is 18.6 Å². The van der Waals surface area contributed by atoms with Crippen molar-refractivity contribution in [2.45, 2.75) is 25.4 Å². The molecule has 0 saturated carbocycles. The minimum absolute atomic E-state index is 0.0234. The molecule has 1 N–H and O–H groups in total. The Balaban J connectivity index is 1.93. The highest BCUT2D eigenvalue weighted by molar-refractivity contribution is 5.74. The molecule has 2 rings (SSSR count). The molecular formula is C13H19N3O2. The summed E-state index contributed by atoms with van der Waals surface area (Å²) in [6, 6.07) is 3.95. The zero-order chi connectivity index (χ0) is 13.0. The molecule has 5 nitrogen and oxygen atoms in total. The van der Waals surface area contributed by atoms with E-state index in [1.165, 1.54) is 0 Å². The minimum atomic E-state index is -0.0604. The van der Waals surface area contributed by atoms with E-state index in [-0.39, 0.29) is 18.1 Å². The fourth-order valence-corrected chi connectivity index (χ4v) is 1.97. The molecule has 0 spiro atoms. The van der Waals surface area contributed by atoms with Crippen molar-refractivity contribution >= 4 is 6.03 Å². The molecule has 1 saturated heterocycles. The van der Waals surface area contributed by atoms with Gasteiger partial charge < -0.3 is 15.0 Å². The number of ether oxygens (including phenoxy) is 1. The SMILES string of the molecule is C[C@@H](c1ccncc1)N(C)C(=O)NC1CCOC1. The number of hydrogen-bond acceptors (Lipinski definition) is 3. The van der Waals surface area contributed by atoms with Crippen molar-refractivity contribution in [3.8, 4) is 0 Å². The molecule has 1 aromatic heterocycles. The number of rotatable bonds is 3. The molecule has 1 fully saturated rings. The third-order valence-electron chi connectivity index (χ3n) is 3.35. The third-order valence-corrected chi connectivity index (χ3v) is 3.35. The van der Waals surface area contributed by atoms with Gasteiger partial charge in [-0.15, -0.1) is 0 Å². The normalized spacial score (nSPS) is 20.4. The second kappa shape index (κ2) is 5.82. The van der Waals surface area contributed by atoms with E-state index in [9.17, 15) is 4.79 Å². The van der Waals surface area contributed by atoms with Crippen LogP contribution in [0, 0.1) is 0 Å². The Hall–Kier alpha value is -1.62. The lowest BCUT2D eigenvalue weighted by Crippen LogP contribution is -2.44. The lowest BCUT2D eigenvalue weighted by atomic mass is 10.1. The number of pyridine rings is 1. The number of nitrogens with zero attached hydrogens (tertiary/aromatic N) is 2. The first-order valence-electron chi connectivity index (χ1n) is 6.19. The Morgan fingerprint density at radius 1 is 1.56 bits per heavy atom. The summed E-state index contributed by atoms with van der Waals surface area (Å²) in [6.07, 6.45) is 4.37. The smallest absolute Gasteiger partial charge is 0.317 e. The number of nitrogens with one attached hydrogen (secondary N) is 1. The fourth-order valence-electron chi connectivity index (χ4n) is 1.97. The first kappa shape index (κ1) is 12.8. The first-order chi connectivity index (χ1) is 8.68. The van der Waals surface area contributed by atoms with Crippen molar-refractivity contribution in [3.05, 3.63) is 30.1 Å². The highest BCUT2D eigenvalue weighted by Gasteiger charge is 2.22. The minimum Gasteiger partial charge on any atom is -0.379 e. The molecule has 0 radical (unpaired) electrons. The number of carbonyl (C=O) groups is 1. The number of urea groups is 1. The second-order valence-electron chi connectivity index (χ2n) is 4.58. The Labute approximate surface area is 107 Å². The maximum Gasteiger partial charge on any atom is 0.317 e. The summed E-state index contributed by atoms with van der Waals surface area (Å²) in [6.45, 7) is 3.35. The molecule has 0 bridgehead atoms. The van der Waals surface area contributed by atoms with Crippen molar-refractivity contribution < 1.29 is 9.53 Å². The summed E-state index contributed by atoms with van der Waals surface area (Å²) in [5.41, 5.74) is 1.07. The van der Waals surface area contributed by atoms with Crippen molar-refractivity contribution in [1.82, 2.24) is 15.2 Å². The van der Waals surface area contributed by atoms with Crippen LogP contribution in [-0.4, -0.2) is 42.2 Å². The predicted octanol–water partition coefficient (Wildman–Crippen LogP) is 1.57. The topological polar surface area (TPSA) is 54.5 Å². The summed E-state index contributed by atoms with van der Waals surface area (Å²) >= 11 is 0. The molecule has 1 aliphatic heterocycles. The maximum atomic E-state index is 12.1. The van der Waals surface area contributed by atoms with Gasteiger partial charge in [-0.3, -0.25) is 4.98 Å². The predicted molar refractivity (Wildman–Crippen MR) is 68.2 cm³/mol. The number of aromatic nitrogens is 1. The molecule has 0 aromatic carbocycles. The second-order valence-corrected chi connectivity index (χ2v) is 4.58. The molecule has 0 aliphatic carbocycles. The van der Waals surface area contributed by atoms with E-state index < -0.39 is 0 Å². The van der Waals surface area contributed by atoms with Gasteiger partial charge >= 0.3 is 6.03 Å². The third kappa shape index (κ3) is 2.98. The molecule has 18 heavy (non-hydrogen) atoms. The highest BCUT2D eigenvalue weighted by atomic mass is 16.5. The molecule has 5 heteroatoms. The van der Waals surface area contributed by atoms with Crippen LogP contribution >= 0.6 is 0 Å². The Bertz CT molecular complexity index is 390. The van der Waals surface area contributed by atoms with E-state index in [1.807, 2.05) is 19.1 Å². The Morgan fingerprint density at radius 2 is 2.28 bits per heavy atom. The molecule has 1 aromatic rings. The molecular weight excluding hydrogens is 230 g/mol. The van der Waals surface area contributed by atoms with Gasteiger partial charge in [0.1, 0.15) is 0 Å². The lowest BCUT2D eigenvalue weighted by Gasteiger charge is -2.26. The van der Waals surface area contributed by atoms with Gasteiger partial charge in [-0.25, -0.2) is 4.79 Å². The van der Waals surface area contributed by atoms with Crippen LogP contribution in [-0.2, 0) is 4.74 Å². The van der Waals surface area contributed by atoms with Crippen molar-refractivity contribution in [3.63, 3.8) is 0 Å². The van der Waals surface area contributed by atoms with Crippen LogP contribution in [0.15, 0.2) is 24.5 Å². The van der Waals surface area contributed by atoms with E-state index in [0.29, 0.717) is 6.61 Å². The van der Waals surface area contributed by atoms with Gasteiger partial charge in [0, 0.05) is 26.0 Å². The molecule has 2 heterocycles. The largest absolute Gasteiger partial charge is 0.379 e. The van der Waals surface area contributed by atoms with Crippen LogP contribution < -0.4 is 5.32 Å². The molecule has 1 unspecified atom stereocenters. The van der Waals surface area contributed by atoms with Crippen LogP contribution in [0.4, 0.5) is 4.79 Å².